The molecule has 8 heteroatoms. The van der Waals surface area contributed by atoms with Crippen molar-refractivity contribution in [1.29, 1.82) is 0 Å². The number of carboxylic acid groups (broad SMARTS) is 1. The molecule has 2 amide bonds. The molecule has 0 radical (unpaired) electrons. The van der Waals surface area contributed by atoms with Gasteiger partial charge in [-0.25, -0.2) is 4.79 Å². The summed E-state index contributed by atoms with van der Waals surface area (Å²) in [4.78, 5) is 36.5. The minimum atomic E-state index is -1.25. The van der Waals surface area contributed by atoms with Gasteiger partial charge in [0.25, 0.3) is 11.8 Å². The summed E-state index contributed by atoms with van der Waals surface area (Å²) in [6, 6.07) is 9.02. The maximum atomic E-state index is 12.1. The normalized spacial score (nSPS) is 10.2. The van der Waals surface area contributed by atoms with E-state index in [4.69, 9.17) is 14.3 Å². The second-order valence-corrected chi connectivity index (χ2v) is 5.31. The van der Waals surface area contributed by atoms with Crippen LogP contribution < -0.4 is 10.1 Å². The van der Waals surface area contributed by atoms with Crippen molar-refractivity contribution in [2.24, 2.45) is 0 Å². The summed E-state index contributed by atoms with van der Waals surface area (Å²) in [6.45, 7) is 4.90. The Morgan fingerprint density at radius 1 is 1.12 bits per heavy atom. The van der Waals surface area contributed by atoms with Crippen LogP contribution in [0.15, 0.2) is 40.8 Å². The average molecular weight is 360 g/mol. The maximum absolute atomic E-state index is 12.1. The van der Waals surface area contributed by atoms with Crippen molar-refractivity contribution in [1.82, 2.24) is 4.90 Å². The molecule has 2 rings (SSSR count). The number of rotatable bonds is 8. The number of carbonyl (C=O) groups is 3. The lowest BCUT2D eigenvalue weighted by atomic mass is 10.3. The number of anilines is 1. The lowest BCUT2D eigenvalue weighted by molar-refractivity contribution is -0.132. The third kappa shape index (κ3) is 4.85. The Balaban J connectivity index is 1.98. The molecule has 26 heavy (non-hydrogen) atoms. The van der Waals surface area contributed by atoms with Gasteiger partial charge in [0.15, 0.2) is 12.4 Å². The largest absolute Gasteiger partial charge is 0.484 e. The van der Waals surface area contributed by atoms with Crippen molar-refractivity contribution < 1.29 is 28.6 Å². The highest BCUT2D eigenvalue weighted by Crippen LogP contribution is 2.19. The number of ether oxygens (including phenoxy) is 1. The fourth-order valence-corrected chi connectivity index (χ4v) is 2.24. The molecule has 0 spiro atoms. The van der Waals surface area contributed by atoms with Gasteiger partial charge < -0.3 is 24.5 Å². The Morgan fingerprint density at radius 3 is 2.42 bits per heavy atom. The summed E-state index contributed by atoms with van der Waals surface area (Å²) in [6.07, 6.45) is 0. The lowest BCUT2D eigenvalue weighted by Crippen LogP contribution is -2.34. The van der Waals surface area contributed by atoms with Crippen LogP contribution in [0.4, 0.5) is 5.69 Å². The van der Waals surface area contributed by atoms with Crippen LogP contribution in [0.3, 0.4) is 0 Å². The van der Waals surface area contributed by atoms with Gasteiger partial charge in [-0.05, 0) is 38.1 Å². The van der Waals surface area contributed by atoms with E-state index in [1.54, 1.807) is 29.2 Å². The van der Waals surface area contributed by atoms with E-state index in [2.05, 4.69) is 5.32 Å². The highest BCUT2D eigenvalue weighted by Gasteiger charge is 2.15. The van der Waals surface area contributed by atoms with E-state index in [-0.39, 0.29) is 24.0 Å². The van der Waals surface area contributed by atoms with Crippen molar-refractivity contribution in [3.8, 4) is 5.75 Å². The third-order valence-electron chi connectivity index (χ3n) is 3.61. The van der Waals surface area contributed by atoms with Gasteiger partial charge in [-0.1, -0.05) is 6.07 Å². The Kier molecular flexibility index (Phi) is 6.37. The number of likely N-dealkylation sites (N-methyl/N-ethyl adjacent to an activating group) is 1. The number of carboxylic acids is 1. The third-order valence-corrected chi connectivity index (χ3v) is 3.61. The first kappa shape index (κ1) is 19.0. The van der Waals surface area contributed by atoms with Crippen molar-refractivity contribution >= 4 is 23.5 Å². The zero-order valence-electron chi connectivity index (χ0n) is 14.5. The molecule has 8 nitrogen and oxygen atoms in total. The van der Waals surface area contributed by atoms with Crippen LogP contribution in [0.1, 0.15) is 35.0 Å². The molecule has 1 aromatic carbocycles. The molecule has 0 bridgehead atoms. The number of furan rings is 1. The molecule has 138 valence electrons. The molecule has 1 heterocycles. The number of hydrogen-bond acceptors (Lipinski definition) is 5. The van der Waals surface area contributed by atoms with Gasteiger partial charge in [0, 0.05) is 24.8 Å². The number of benzene rings is 1. The van der Waals surface area contributed by atoms with Crippen LogP contribution in [0.5, 0.6) is 5.75 Å². The molecule has 0 fully saturated rings. The summed E-state index contributed by atoms with van der Waals surface area (Å²) in [5.41, 5.74) is 0.427. The Morgan fingerprint density at radius 2 is 1.81 bits per heavy atom. The zero-order chi connectivity index (χ0) is 19.1. The highest BCUT2D eigenvalue weighted by atomic mass is 16.5. The number of carbonyl (C=O) groups excluding carboxylic acids is 2. The Hall–Kier alpha value is -3.29. The van der Waals surface area contributed by atoms with Gasteiger partial charge in [-0.2, -0.15) is 0 Å². The quantitative estimate of drug-likeness (QED) is 0.748. The minimum absolute atomic E-state index is 0.0980. The Labute approximate surface area is 150 Å². The molecule has 2 N–H and O–H groups in total. The number of hydrogen-bond donors (Lipinski definition) is 2. The van der Waals surface area contributed by atoms with Gasteiger partial charge in [0.2, 0.25) is 5.76 Å². The van der Waals surface area contributed by atoms with Gasteiger partial charge in [0.1, 0.15) is 5.75 Å². The van der Waals surface area contributed by atoms with Crippen LogP contribution in [-0.2, 0) is 4.79 Å². The van der Waals surface area contributed by atoms with Crippen LogP contribution in [0.2, 0.25) is 0 Å². The molecular weight excluding hydrogens is 340 g/mol. The molecule has 0 aliphatic carbocycles. The molecule has 1 aromatic heterocycles. The molecule has 0 saturated heterocycles. The molecular formula is C18H20N2O6. The highest BCUT2D eigenvalue weighted by molar-refractivity contribution is 6.03. The zero-order valence-corrected chi connectivity index (χ0v) is 14.5. The summed E-state index contributed by atoms with van der Waals surface area (Å²) in [7, 11) is 0. The van der Waals surface area contributed by atoms with Crippen molar-refractivity contribution in [2.75, 3.05) is 25.0 Å². The lowest BCUT2D eigenvalue weighted by Gasteiger charge is -2.18. The van der Waals surface area contributed by atoms with E-state index < -0.39 is 11.9 Å². The van der Waals surface area contributed by atoms with E-state index in [9.17, 15) is 14.4 Å². The summed E-state index contributed by atoms with van der Waals surface area (Å²) in [5.74, 6) is -1.98. The Bertz CT molecular complexity index is 794. The molecule has 0 saturated carbocycles. The van der Waals surface area contributed by atoms with E-state index in [0.29, 0.717) is 24.5 Å². The standard InChI is InChI=1S/C18H20N2O6/c1-3-20(4-2)16(21)11-25-13-7-5-6-12(10-13)19-17(22)14-8-9-15(26-14)18(23)24/h5-10H,3-4,11H2,1-2H3,(H,19,22)(H,23,24). The topological polar surface area (TPSA) is 109 Å². The molecule has 0 aliphatic rings. The maximum Gasteiger partial charge on any atom is 0.371 e. The fourth-order valence-electron chi connectivity index (χ4n) is 2.24. The van der Waals surface area contributed by atoms with Gasteiger partial charge in [-0.15, -0.1) is 0 Å². The smallest absolute Gasteiger partial charge is 0.371 e. The predicted octanol–water partition coefficient (Wildman–Crippen LogP) is 2.48. The second-order valence-electron chi connectivity index (χ2n) is 5.31. The second kappa shape index (κ2) is 8.70. The van der Waals surface area contributed by atoms with Crippen LogP contribution >= 0.6 is 0 Å². The van der Waals surface area contributed by atoms with Crippen molar-refractivity contribution in [3.05, 3.63) is 47.9 Å². The SMILES string of the molecule is CCN(CC)C(=O)COc1cccc(NC(=O)c2ccc(C(=O)O)o2)c1. The first-order chi connectivity index (χ1) is 12.4. The predicted molar refractivity (Wildman–Crippen MR) is 93.5 cm³/mol. The number of nitrogens with one attached hydrogen (secondary N) is 1. The molecule has 0 atom stereocenters. The summed E-state index contributed by atoms with van der Waals surface area (Å²) in [5, 5.41) is 11.4. The van der Waals surface area contributed by atoms with E-state index in [0.717, 1.165) is 0 Å². The number of aromatic carboxylic acids is 1. The first-order valence-electron chi connectivity index (χ1n) is 8.09. The van der Waals surface area contributed by atoms with Crippen molar-refractivity contribution in [3.63, 3.8) is 0 Å². The molecule has 2 aromatic rings. The first-order valence-corrected chi connectivity index (χ1v) is 8.09. The number of nitrogens with zero attached hydrogens (tertiary/aromatic N) is 1. The van der Waals surface area contributed by atoms with Gasteiger partial charge >= 0.3 is 5.97 Å². The fraction of sp³-hybridized carbons (Fsp3) is 0.278. The summed E-state index contributed by atoms with van der Waals surface area (Å²) >= 11 is 0. The van der Waals surface area contributed by atoms with Gasteiger partial charge in [-0.3, -0.25) is 9.59 Å². The number of amides is 2. The summed E-state index contributed by atoms with van der Waals surface area (Å²) < 4.78 is 10.4. The molecule has 0 aliphatic heterocycles. The van der Waals surface area contributed by atoms with E-state index >= 15 is 0 Å². The minimum Gasteiger partial charge on any atom is -0.484 e. The monoisotopic (exact) mass is 360 g/mol. The van der Waals surface area contributed by atoms with Crippen LogP contribution in [0, 0.1) is 0 Å². The van der Waals surface area contributed by atoms with E-state index in [1.807, 2.05) is 13.8 Å². The van der Waals surface area contributed by atoms with Crippen LogP contribution in [0.25, 0.3) is 0 Å². The average Bonchev–Trinajstić information content (AvgIpc) is 3.12. The van der Waals surface area contributed by atoms with Crippen LogP contribution in [-0.4, -0.2) is 47.5 Å². The molecule has 0 unspecified atom stereocenters. The van der Waals surface area contributed by atoms with Gasteiger partial charge in [0.05, 0.1) is 0 Å². The van der Waals surface area contributed by atoms with E-state index in [1.165, 1.54) is 12.1 Å². The van der Waals surface area contributed by atoms with Crippen molar-refractivity contribution in [2.45, 2.75) is 13.8 Å².